The number of aryl methyl sites for hydroxylation is 1. The van der Waals surface area contributed by atoms with Crippen LogP contribution in [0.3, 0.4) is 0 Å². The van der Waals surface area contributed by atoms with Gasteiger partial charge in [-0.1, -0.05) is 58.4 Å². The summed E-state index contributed by atoms with van der Waals surface area (Å²) in [5.74, 6) is 0.783. The predicted octanol–water partition coefficient (Wildman–Crippen LogP) is 6.91. The van der Waals surface area contributed by atoms with Gasteiger partial charge in [0, 0.05) is 73.9 Å². The number of pyridine rings is 1. The van der Waals surface area contributed by atoms with E-state index in [1.165, 1.54) is 6.07 Å². The molecule has 11 nitrogen and oxygen atoms in total. The smallest absolute Gasteiger partial charge is 0.320 e. The summed E-state index contributed by atoms with van der Waals surface area (Å²) >= 11 is 0. The molecule has 12 heteroatoms. The fraction of sp³-hybridized carbons (Fsp3) is 0.500. The number of nitrogens with zero attached hydrogens (tertiary/aromatic N) is 3. The summed E-state index contributed by atoms with van der Waals surface area (Å²) in [4.78, 5) is 18.2. The number of urea groups is 1. The van der Waals surface area contributed by atoms with Crippen molar-refractivity contribution in [2.24, 2.45) is 5.41 Å². The van der Waals surface area contributed by atoms with Gasteiger partial charge in [0.25, 0.3) is 0 Å². The summed E-state index contributed by atoms with van der Waals surface area (Å²) in [5.41, 5.74) is 3.54. The van der Waals surface area contributed by atoms with Crippen molar-refractivity contribution in [2.45, 2.75) is 85.0 Å². The molecule has 2 heterocycles. The number of allylic oxidation sites excluding steroid dienone is 1. The molecule has 2 aromatic carbocycles. The maximum atomic E-state index is 15.0. The highest BCUT2D eigenvalue weighted by Crippen LogP contribution is 2.38. The maximum absolute atomic E-state index is 15.0. The minimum Gasteiger partial charge on any atom is -0.484 e. The average Bonchev–Trinajstić information content (AvgIpc) is 3.14. The second-order valence-corrected chi connectivity index (χ2v) is 15.6. The van der Waals surface area contributed by atoms with Gasteiger partial charge in [-0.25, -0.2) is 9.18 Å². The lowest BCUT2D eigenvalue weighted by Crippen LogP contribution is -2.44. The molecule has 1 aromatic heterocycles. The van der Waals surface area contributed by atoms with Gasteiger partial charge in [-0.3, -0.25) is 15.6 Å². The lowest BCUT2D eigenvalue weighted by molar-refractivity contribution is 0.147. The highest BCUT2D eigenvalue weighted by Gasteiger charge is 2.30. The molecule has 3 aromatic rings. The summed E-state index contributed by atoms with van der Waals surface area (Å²) < 4.78 is 23.5. The third-order valence-electron chi connectivity index (χ3n) is 10.2. The highest BCUT2D eigenvalue weighted by atomic mass is 19.1. The second kappa shape index (κ2) is 19.2. The molecular formula is C42H60FN9O2. The Hall–Kier alpha value is -4.52. The van der Waals surface area contributed by atoms with Crippen molar-refractivity contribution in [3.05, 3.63) is 101 Å². The number of unbranched alkanes of at least 4 members (excludes halogenated alkanes) is 2. The molecule has 1 aliphatic heterocycles. The molecule has 292 valence electrons. The number of fused-ring (bicyclic) bond motifs is 1. The normalized spacial score (nSPS) is 18.1. The van der Waals surface area contributed by atoms with E-state index in [9.17, 15) is 9.18 Å². The van der Waals surface area contributed by atoms with Crippen molar-refractivity contribution in [3.8, 4) is 5.75 Å². The van der Waals surface area contributed by atoms with Crippen molar-refractivity contribution in [2.75, 3.05) is 51.6 Å². The molecule has 0 radical (unpaired) electrons. The zero-order valence-corrected chi connectivity index (χ0v) is 32.7. The van der Waals surface area contributed by atoms with E-state index in [-0.39, 0.29) is 18.0 Å². The molecule has 2 aliphatic rings. The highest BCUT2D eigenvalue weighted by molar-refractivity contribution is 5.97. The van der Waals surface area contributed by atoms with Gasteiger partial charge in [0.1, 0.15) is 29.0 Å². The van der Waals surface area contributed by atoms with Crippen LogP contribution >= 0.6 is 0 Å². The van der Waals surface area contributed by atoms with Crippen LogP contribution in [0.2, 0.25) is 0 Å². The first-order valence-electron chi connectivity index (χ1n) is 19.5. The number of piperazine rings is 1. The van der Waals surface area contributed by atoms with Gasteiger partial charge in [0.2, 0.25) is 0 Å². The number of aromatic nitrogens is 1. The number of nitrogens with one attached hydrogen (secondary N) is 6. The number of carbonyl (C=O) groups excluding carboxylic acids is 1. The number of likely N-dealkylation sites (N-methyl/N-ethyl adjacent to an activating group) is 1. The molecule has 5 rings (SSSR count). The van der Waals surface area contributed by atoms with E-state index in [0.717, 1.165) is 82.0 Å². The Balaban J connectivity index is 1.25. The first-order chi connectivity index (χ1) is 25.9. The van der Waals surface area contributed by atoms with Crippen molar-refractivity contribution in [3.63, 3.8) is 0 Å². The second-order valence-electron chi connectivity index (χ2n) is 15.6. The number of ether oxygens (including phenoxy) is 1. The number of rotatable bonds is 16. The van der Waals surface area contributed by atoms with Gasteiger partial charge >= 0.3 is 6.03 Å². The molecule has 2 amide bonds. The van der Waals surface area contributed by atoms with Crippen molar-refractivity contribution < 1.29 is 13.9 Å². The number of hydrogen-bond acceptors (Lipinski definition) is 8. The lowest BCUT2D eigenvalue weighted by Gasteiger charge is -2.32. The van der Waals surface area contributed by atoms with Crippen LogP contribution in [0.5, 0.6) is 5.75 Å². The minimum absolute atomic E-state index is 0.199. The average molecular weight is 742 g/mol. The number of anilines is 1. The van der Waals surface area contributed by atoms with E-state index >= 15 is 0 Å². The number of amides is 2. The van der Waals surface area contributed by atoms with E-state index in [2.05, 4.69) is 51.1 Å². The van der Waals surface area contributed by atoms with Crippen molar-refractivity contribution in [1.29, 1.82) is 10.8 Å². The Bertz CT molecular complexity index is 1810. The molecule has 54 heavy (non-hydrogen) atoms. The molecule has 6 N–H and O–H groups in total. The Labute approximate surface area is 320 Å². The monoisotopic (exact) mass is 741 g/mol. The quantitative estimate of drug-likeness (QED) is 0.0699. The zero-order valence-electron chi connectivity index (χ0n) is 32.7. The van der Waals surface area contributed by atoms with Crippen LogP contribution in [0, 0.1) is 22.1 Å². The fourth-order valence-corrected chi connectivity index (χ4v) is 6.81. The van der Waals surface area contributed by atoms with Gasteiger partial charge in [0.05, 0.1) is 6.04 Å². The Morgan fingerprint density at radius 1 is 1.00 bits per heavy atom. The van der Waals surface area contributed by atoms with E-state index in [1.807, 2.05) is 55.8 Å². The summed E-state index contributed by atoms with van der Waals surface area (Å²) in [6.07, 6.45) is 7.92. The number of carbonyl (C=O) groups is 1. The molecule has 1 aliphatic carbocycles. The first-order valence-corrected chi connectivity index (χ1v) is 19.5. The molecule has 0 saturated carbocycles. The summed E-state index contributed by atoms with van der Waals surface area (Å²) in [6, 6.07) is 15.9. The van der Waals surface area contributed by atoms with Crippen LogP contribution in [0.25, 0.3) is 0 Å². The van der Waals surface area contributed by atoms with Gasteiger partial charge in [-0.2, -0.15) is 0 Å². The Morgan fingerprint density at radius 2 is 1.76 bits per heavy atom. The van der Waals surface area contributed by atoms with Crippen molar-refractivity contribution >= 4 is 17.4 Å². The number of benzene rings is 2. The Morgan fingerprint density at radius 3 is 2.50 bits per heavy atom. The van der Waals surface area contributed by atoms with Crippen LogP contribution in [0.4, 0.5) is 14.9 Å². The Kier molecular flexibility index (Phi) is 14.4. The van der Waals surface area contributed by atoms with Gasteiger partial charge in [0.15, 0.2) is 0 Å². The molecule has 1 saturated heterocycles. The van der Waals surface area contributed by atoms with Crippen molar-refractivity contribution in [1.82, 2.24) is 30.3 Å². The first kappa shape index (κ1) is 40.7. The topological polar surface area (TPSA) is 134 Å². The van der Waals surface area contributed by atoms with Crippen LogP contribution in [-0.4, -0.2) is 72.4 Å². The van der Waals surface area contributed by atoms with Crippen LogP contribution < -0.4 is 31.5 Å². The van der Waals surface area contributed by atoms with E-state index < -0.39 is 11.4 Å². The van der Waals surface area contributed by atoms with E-state index in [0.29, 0.717) is 47.7 Å². The molecule has 2 atom stereocenters. The third kappa shape index (κ3) is 11.7. The summed E-state index contributed by atoms with van der Waals surface area (Å²) in [6.45, 7) is 14.8. The maximum Gasteiger partial charge on any atom is 0.320 e. The molecule has 1 fully saturated rings. The van der Waals surface area contributed by atoms with Crippen LogP contribution in [0.15, 0.2) is 72.7 Å². The van der Waals surface area contributed by atoms with E-state index in [4.69, 9.17) is 15.6 Å². The SMILES string of the molecule is CCNCCCCCn1cc(OC2CCC(NC(=O)N/C(=C/C(=N)C(C)(C)C)Nc3ccc(F)c(CN4CCN(C)CC4)c3)c3ccccc32)ccc1=N. The summed E-state index contributed by atoms with van der Waals surface area (Å²) in [5, 5.41) is 29.9. The molecular weight excluding hydrogens is 682 g/mol. The number of hydrogen-bond donors (Lipinski definition) is 6. The lowest BCUT2D eigenvalue weighted by atomic mass is 9.85. The fourth-order valence-electron chi connectivity index (χ4n) is 6.81. The molecule has 2 unspecified atom stereocenters. The number of halogens is 1. The minimum atomic E-state index is -0.454. The third-order valence-corrected chi connectivity index (χ3v) is 10.2. The van der Waals surface area contributed by atoms with Gasteiger partial charge < -0.3 is 35.6 Å². The molecule has 0 bridgehead atoms. The van der Waals surface area contributed by atoms with E-state index in [1.54, 1.807) is 24.3 Å². The summed E-state index contributed by atoms with van der Waals surface area (Å²) in [7, 11) is 2.10. The zero-order chi connectivity index (χ0) is 38.7. The predicted molar refractivity (Wildman–Crippen MR) is 214 cm³/mol. The standard InChI is InChI=1S/C42H60FN9O2/c1-6-46-20-10-7-11-21-52-29-32(15-19-39(52)45)54-37-18-17-36(33-12-8-9-13-34(33)37)48-41(53)49-40(27-38(44)42(2,3)4)47-31-14-16-35(43)30(26-31)28-51-24-22-50(5)23-25-51/h8-9,12-16,19,26-27,29,36-37,44-47H,6-7,10-11,17-18,20-25,28H2,1-5H3,(H2,48,49,53)/b40-27+,44-38?,45-39?. The van der Waals surface area contributed by atoms with Gasteiger partial charge in [-0.05, 0) is 87.3 Å². The van der Waals surface area contributed by atoms with Crippen LogP contribution in [0.1, 0.15) is 88.6 Å². The van der Waals surface area contributed by atoms with Gasteiger partial charge in [-0.15, -0.1) is 0 Å². The van der Waals surface area contributed by atoms with Crippen LogP contribution in [-0.2, 0) is 13.1 Å². The molecule has 0 spiro atoms. The largest absolute Gasteiger partial charge is 0.484 e.